The summed E-state index contributed by atoms with van der Waals surface area (Å²) in [5.74, 6) is 0.924. The van der Waals surface area contributed by atoms with Crippen molar-refractivity contribution in [3.63, 3.8) is 0 Å². The first-order chi connectivity index (χ1) is 11.3. The quantitative estimate of drug-likeness (QED) is 0.907. The Balaban J connectivity index is 1.60. The minimum atomic E-state index is -0.0128. The molecule has 1 aliphatic heterocycles. The fraction of sp³-hybridized carbons (Fsp3) is 0.412. The molecule has 1 aliphatic rings. The van der Waals surface area contributed by atoms with Crippen LogP contribution in [0.3, 0.4) is 0 Å². The number of nitrogens with zero attached hydrogens (tertiary/aromatic N) is 3. The van der Waals surface area contributed by atoms with E-state index in [1.807, 2.05) is 41.4 Å². The van der Waals surface area contributed by atoms with Crippen LogP contribution in [-0.4, -0.2) is 52.0 Å². The van der Waals surface area contributed by atoms with Gasteiger partial charge in [-0.05, 0) is 12.1 Å². The summed E-state index contributed by atoms with van der Waals surface area (Å²) >= 11 is 0. The number of imidazole rings is 1. The summed E-state index contributed by atoms with van der Waals surface area (Å²) in [6.07, 6.45) is 3.59. The Bertz CT molecular complexity index is 613. The number of likely N-dealkylation sites (N-methyl/N-ethyl adjacent to an activating group) is 1. The Hall–Kier alpha value is -2.34. The predicted octanol–water partition coefficient (Wildman–Crippen LogP) is 2.00. The molecule has 0 bridgehead atoms. The van der Waals surface area contributed by atoms with Gasteiger partial charge in [-0.25, -0.2) is 9.78 Å². The van der Waals surface area contributed by atoms with Gasteiger partial charge in [0.2, 0.25) is 0 Å². The number of nitrogens with one attached hydrogen (secondary N) is 2. The van der Waals surface area contributed by atoms with Crippen LogP contribution in [0.5, 0.6) is 0 Å². The summed E-state index contributed by atoms with van der Waals surface area (Å²) in [6.45, 7) is 5.90. The summed E-state index contributed by atoms with van der Waals surface area (Å²) in [6, 6.07) is 10.1. The minimum absolute atomic E-state index is 0.0128. The van der Waals surface area contributed by atoms with Gasteiger partial charge in [0, 0.05) is 38.6 Å². The van der Waals surface area contributed by atoms with E-state index >= 15 is 0 Å². The standard InChI is InChI=1S/C17H23N5O/c1-2-21-10-11-22(13-15(21)16-18-8-9-19-16)17(23)20-12-14-6-4-3-5-7-14/h3-9,15H,2,10-13H2,1H3,(H,18,19)(H,20,23)/t15-/m1/s1. The molecule has 0 radical (unpaired) electrons. The molecule has 6 heteroatoms. The van der Waals surface area contributed by atoms with Gasteiger partial charge >= 0.3 is 6.03 Å². The molecule has 3 rings (SSSR count). The maximum Gasteiger partial charge on any atom is 0.317 e. The second-order valence-corrected chi connectivity index (χ2v) is 5.71. The first-order valence-electron chi connectivity index (χ1n) is 8.08. The number of carbonyl (C=O) groups excluding carboxylic acids is 1. The van der Waals surface area contributed by atoms with Crippen LogP contribution >= 0.6 is 0 Å². The van der Waals surface area contributed by atoms with Gasteiger partial charge < -0.3 is 15.2 Å². The van der Waals surface area contributed by atoms with Crippen molar-refractivity contribution in [2.75, 3.05) is 26.2 Å². The molecule has 0 aliphatic carbocycles. The lowest BCUT2D eigenvalue weighted by molar-refractivity contribution is 0.0896. The zero-order valence-corrected chi connectivity index (χ0v) is 13.4. The summed E-state index contributed by atoms with van der Waals surface area (Å²) in [4.78, 5) is 24.2. The average Bonchev–Trinajstić information content (AvgIpc) is 3.14. The highest BCUT2D eigenvalue weighted by atomic mass is 16.2. The second kappa shape index (κ2) is 7.28. The highest BCUT2D eigenvalue weighted by molar-refractivity contribution is 5.74. The third-order valence-corrected chi connectivity index (χ3v) is 4.31. The lowest BCUT2D eigenvalue weighted by atomic mass is 10.1. The van der Waals surface area contributed by atoms with E-state index in [4.69, 9.17) is 0 Å². The summed E-state index contributed by atoms with van der Waals surface area (Å²) in [7, 11) is 0. The molecule has 0 unspecified atom stereocenters. The number of carbonyl (C=O) groups is 1. The number of H-pyrrole nitrogens is 1. The topological polar surface area (TPSA) is 64.3 Å². The number of piperazine rings is 1. The first-order valence-corrected chi connectivity index (χ1v) is 8.08. The third-order valence-electron chi connectivity index (χ3n) is 4.31. The average molecular weight is 313 g/mol. The Morgan fingerprint density at radius 2 is 2.17 bits per heavy atom. The monoisotopic (exact) mass is 313 g/mol. The molecule has 1 atom stereocenters. The molecule has 2 aromatic rings. The van der Waals surface area contributed by atoms with E-state index in [-0.39, 0.29) is 12.1 Å². The highest BCUT2D eigenvalue weighted by Gasteiger charge is 2.31. The molecule has 0 saturated carbocycles. The van der Waals surface area contributed by atoms with Crippen molar-refractivity contribution in [1.82, 2.24) is 25.1 Å². The molecule has 1 aromatic carbocycles. The van der Waals surface area contributed by atoms with Gasteiger partial charge in [0.05, 0.1) is 6.04 Å². The molecule has 6 nitrogen and oxygen atoms in total. The smallest absolute Gasteiger partial charge is 0.317 e. The van der Waals surface area contributed by atoms with Crippen LogP contribution in [0, 0.1) is 0 Å². The Morgan fingerprint density at radius 1 is 1.35 bits per heavy atom. The van der Waals surface area contributed by atoms with Crippen LogP contribution in [0.1, 0.15) is 24.4 Å². The zero-order chi connectivity index (χ0) is 16.1. The number of amides is 2. The van der Waals surface area contributed by atoms with Crippen LogP contribution in [0.25, 0.3) is 0 Å². The maximum absolute atomic E-state index is 12.4. The lowest BCUT2D eigenvalue weighted by Gasteiger charge is -2.39. The molecular weight excluding hydrogens is 290 g/mol. The van der Waals surface area contributed by atoms with E-state index in [9.17, 15) is 4.79 Å². The SMILES string of the molecule is CCN1CCN(C(=O)NCc2ccccc2)C[C@@H]1c1ncc[nH]1. The van der Waals surface area contributed by atoms with Gasteiger partial charge in [0.1, 0.15) is 5.82 Å². The maximum atomic E-state index is 12.4. The van der Waals surface area contributed by atoms with Crippen molar-refractivity contribution in [1.29, 1.82) is 0 Å². The fourth-order valence-electron chi connectivity index (χ4n) is 2.99. The predicted molar refractivity (Wildman–Crippen MR) is 88.8 cm³/mol. The van der Waals surface area contributed by atoms with Crippen molar-refractivity contribution in [2.45, 2.75) is 19.5 Å². The minimum Gasteiger partial charge on any atom is -0.347 e. The number of hydrogen-bond acceptors (Lipinski definition) is 3. The number of urea groups is 1. The van der Waals surface area contributed by atoms with Gasteiger partial charge in [0.25, 0.3) is 0 Å². The van der Waals surface area contributed by atoms with Crippen molar-refractivity contribution >= 4 is 6.03 Å². The van der Waals surface area contributed by atoms with Gasteiger partial charge in [-0.1, -0.05) is 37.3 Å². The van der Waals surface area contributed by atoms with Gasteiger partial charge in [-0.2, -0.15) is 0 Å². The number of rotatable bonds is 4. The van der Waals surface area contributed by atoms with Crippen LogP contribution in [0.15, 0.2) is 42.7 Å². The fourth-order valence-corrected chi connectivity index (χ4v) is 2.99. The number of aromatic nitrogens is 2. The van der Waals surface area contributed by atoms with Crippen LogP contribution in [-0.2, 0) is 6.54 Å². The van der Waals surface area contributed by atoms with Crippen LogP contribution in [0.4, 0.5) is 4.79 Å². The highest BCUT2D eigenvalue weighted by Crippen LogP contribution is 2.22. The van der Waals surface area contributed by atoms with Gasteiger partial charge in [-0.15, -0.1) is 0 Å². The van der Waals surface area contributed by atoms with Crippen LogP contribution < -0.4 is 5.32 Å². The second-order valence-electron chi connectivity index (χ2n) is 5.71. The van der Waals surface area contributed by atoms with E-state index in [1.54, 1.807) is 6.20 Å². The summed E-state index contributed by atoms with van der Waals surface area (Å²) in [5.41, 5.74) is 1.11. The first kappa shape index (κ1) is 15.6. The molecule has 1 saturated heterocycles. The lowest BCUT2D eigenvalue weighted by Crippen LogP contribution is -2.53. The number of aromatic amines is 1. The Labute approximate surface area is 136 Å². The van der Waals surface area contributed by atoms with E-state index in [0.29, 0.717) is 13.1 Å². The summed E-state index contributed by atoms with van der Waals surface area (Å²) < 4.78 is 0. The molecule has 2 heterocycles. The molecule has 122 valence electrons. The molecule has 2 amide bonds. The van der Waals surface area contributed by atoms with Crippen molar-refractivity contribution < 1.29 is 4.79 Å². The number of benzene rings is 1. The third kappa shape index (κ3) is 3.71. The molecular formula is C17H23N5O. The zero-order valence-electron chi connectivity index (χ0n) is 13.4. The van der Waals surface area contributed by atoms with E-state index in [1.165, 1.54) is 0 Å². The molecule has 2 N–H and O–H groups in total. The Morgan fingerprint density at radius 3 is 2.87 bits per heavy atom. The number of hydrogen-bond donors (Lipinski definition) is 2. The van der Waals surface area contributed by atoms with E-state index < -0.39 is 0 Å². The van der Waals surface area contributed by atoms with E-state index in [2.05, 4.69) is 27.1 Å². The van der Waals surface area contributed by atoms with Gasteiger partial charge in [0.15, 0.2) is 0 Å². The van der Waals surface area contributed by atoms with Crippen LogP contribution in [0.2, 0.25) is 0 Å². The van der Waals surface area contributed by atoms with Crippen molar-refractivity contribution in [3.05, 3.63) is 54.1 Å². The Kier molecular flexibility index (Phi) is 4.92. The molecule has 1 fully saturated rings. The van der Waals surface area contributed by atoms with E-state index in [0.717, 1.165) is 31.0 Å². The largest absolute Gasteiger partial charge is 0.347 e. The van der Waals surface area contributed by atoms with Gasteiger partial charge in [-0.3, -0.25) is 4.90 Å². The summed E-state index contributed by atoms with van der Waals surface area (Å²) in [5, 5.41) is 3.01. The van der Waals surface area contributed by atoms with Crippen molar-refractivity contribution in [2.24, 2.45) is 0 Å². The normalized spacial score (nSPS) is 18.8. The van der Waals surface area contributed by atoms with Crippen molar-refractivity contribution in [3.8, 4) is 0 Å². The molecule has 0 spiro atoms. The molecule has 1 aromatic heterocycles. The molecule has 23 heavy (non-hydrogen) atoms.